The fourth-order valence-electron chi connectivity index (χ4n) is 4.52. The Kier molecular flexibility index (Phi) is 8.72. The standard InChI is InChI=1S/C24H31F3O5SSi/c1-16(2)34(17(3)4,18(5)6)12-11-19-9-8-10-20-13-21(31-15-30-7)14-22(23(19)20)32-33(28,29)24(25,26)27/h8-10,13-14,16-18H,15H2,1-7H3/q-1. The molecule has 0 fully saturated rings. The van der Waals surface area contributed by atoms with Gasteiger partial charge in [0.15, 0.2) is 12.5 Å². The van der Waals surface area contributed by atoms with Gasteiger partial charge in [-0.15, -0.1) is 22.5 Å². The van der Waals surface area contributed by atoms with Crippen molar-refractivity contribution in [1.29, 1.82) is 0 Å². The number of rotatable bonds is 8. The molecule has 5 nitrogen and oxygen atoms in total. The zero-order chi connectivity index (χ0) is 25.9. The number of hydrogen-bond acceptors (Lipinski definition) is 5. The molecule has 0 heterocycles. The molecule has 0 saturated carbocycles. The minimum Gasteiger partial charge on any atom is -0.467 e. The van der Waals surface area contributed by atoms with Crippen molar-refractivity contribution in [2.24, 2.45) is 0 Å². The second-order valence-corrected chi connectivity index (χ2v) is 16.1. The zero-order valence-electron chi connectivity index (χ0n) is 20.4. The minimum absolute atomic E-state index is 0.0992. The first-order chi connectivity index (χ1) is 15.7. The van der Waals surface area contributed by atoms with Crippen molar-refractivity contribution in [3.8, 4) is 23.0 Å². The van der Waals surface area contributed by atoms with E-state index in [0.717, 1.165) is 6.07 Å². The predicted molar refractivity (Wildman–Crippen MR) is 130 cm³/mol. The van der Waals surface area contributed by atoms with Gasteiger partial charge in [-0.2, -0.15) is 21.6 Å². The number of alkyl halides is 3. The topological polar surface area (TPSA) is 61.8 Å². The number of methoxy groups -OCH3 is 1. The van der Waals surface area contributed by atoms with Crippen LogP contribution in [0.15, 0.2) is 30.3 Å². The summed E-state index contributed by atoms with van der Waals surface area (Å²) in [6, 6.07) is 7.67. The first-order valence-corrected chi connectivity index (χ1v) is 14.5. The third-order valence-corrected chi connectivity index (χ3v) is 13.3. The molecule has 34 heavy (non-hydrogen) atoms. The Morgan fingerprint density at radius 1 is 1.00 bits per heavy atom. The zero-order valence-corrected chi connectivity index (χ0v) is 22.2. The molecule has 0 atom stereocenters. The maximum atomic E-state index is 13.1. The van der Waals surface area contributed by atoms with Gasteiger partial charge in [0.05, 0.1) is 0 Å². The third-order valence-electron chi connectivity index (χ3n) is 6.02. The maximum absolute atomic E-state index is 13.1. The van der Waals surface area contributed by atoms with E-state index in [4.69, 9.17) is 9.47 Å². The highest BCUT2D eigenvalue weighted by molar-refractivity contribution is 7.88. The molecule has 189 valence electrons. The van der Waals surface area contributed by atoms with E-state index >= 15 is 0 Å². The molecule has 0 N–H and O–H groups in total. The van der Waals surface area contributed by atoms with Crippen LogP contribution in [0.4, 0.5) is 13.2 Å². The molecule has 10 heteroatoms. The van der Waals surface area contributed by atoms with E-state index in [0.29, 0.717) is 27.6 Å². The quantitative estimate of drug-likeness (QED) is 0.130. The van der Waals surface area contributed by atoms with Crippen LogP contribution in [0.25, 0.3) is 10.8 Å². The molecule has 0 amide bonds. The summed E-state index contributed by atoms with van der Waals surface area (Å²) in [5.74, 6) is 2.79. The summed E-state index contributed by atoms with van der Waals surface area (Å²) in [5.41, 5.74) is -0.660. The molecule has 2 aromatic carbocycles. The molecule has 0 spiro atoms. The summed E-state index contributed by atoms with van der Waals surface area (Å²) < 4.78 is 77.8. The largest absolute Gasteiger partial charge is 0.534 e. The second-order valence-electron chi connectivity index (χ2n) is 9.01. The lowest BCUT2D eigenvalue weighted by Gasteiger charge is -2.50. The summed E-state index contributed by atoms with van der Waals surface area (Å²) in [7, 11) is -6.68. The summed E-state index contributed by atoms with van der Waals surface area (Å²) in [6.07, 6.45) is 0. The van der Waals surface area contributed by atoms with Crippen molar-refractivity contribution in [3.05, 3.63) is 35.9 Å². The van der Waals surface area contributed by atoms with Gasteiger partial charge in [0.2, 0.25) is 0 Å². The Labute approximate surface area is 200 Å². The molecule has 0 unspecified atom stereocenters. The van der Waals surface area contributed by atoms with Gasteiger partial charge < -0.3 is 13.7 Å². The van der Waals surface area contributed by atoms with Gasteiger partial charge in [-0.1, -0.05) is 61.7 Å². The van der Waals surface area contributed by atoms with Crippen LogP contribution in [0.2, 0.25) is 16.6 Å². The highest BCUT2D eigenvalue weighted by Gasteiger charge is 2.48. The van der Waals surface area contributed by atoms with Crippen LogP contribution >= 0.6 is 0 Å². The number of benzene rings is 2. The minimum atomic E-state index is -5.91. The Balaban J connectivity index is 2.82. The van der Waals surface area contributed by atoms with Crippen LogP contribution in [0.3, 0.4) is 0 Å². The molecule has 2 aromatic rings. The number of ether oxygens (including phenoxy) is 2. The van der Waals surface area contributed by atoms with E-state index in [2.05, 4.69) is 57.2 Å². The SMILES string of the molecule is COCOc1cc(OS(=O)(=O)C(F)(F)F)c2c(C#C[Si-](C(C)C)(C(C)C)C(C)C)cccc2c1. The molecule has 0 bridgehead atoms. The van der Waals surface area contributed by atoms with Gasteiger partial charge in [0.25, 0.3) is 0 Å². The highest BCUT2D eigenvalue weighted by Crippen LogP contribution is 2.41. The first kappa shape index (κ1) is 28.0. The monoisotopic (exact) mass is 516 g/mol. The van der Waals surface area contributed by atoms with Crippen molar-refractivity contribution in [1.82, 2.24) is 0 Å². The summed E-state index contributed by atoms with van der Waals surface area (Å²) in [5, 5.41) is 0.602. The Morgan fingerprint density at radius 3 is 2.09 bits per heavy atom. The van der Waals surface area contributed by atoms with Gasteiger partial charge in [-0.25, -0.2) is 0 Å². The number of hydrogen-bond donors (Lipinski definition) is 0. The average Bonchev–Trinajstić information content (AvgIpc) is 2.70. The lowest BCUT2D eigenvalue weighted by Crippen LogP contribution is -2.43. The van der Waals surface area contributed by atoms with Gasteiger partial charge in [0, 0.05) is 24.1 Å². The smallest absolute Gasteiger partial charge is 0.467 e. The summed E-state index contributed by atoms with van der Waals surface area (Å²) >= 11 is 0. The fraction of sp³-hybridized carbons (Fsp3) is 0.500. The second kappa shape index (κ2) is 10.6. The molecule has 0 saturated heterocycles. The van der Waals surface area contributed by atoms with Crippen molar-refractivity contribution in [2.45, 2.75) is 63.7 Å². The molecular weight excluding hydrogens is 485 g/mol. The van der Waals surface area contributed by atoms with Crippen LogP contribution in [0, 0.1) is 11.5 Å². The molecular formula is C24H31F3O5SSi-. The van der Waals surface area contributed by atoms with Gasteiger partial charge in [0.1, 0.15) is 5.75 Å². The van der Waals surface area contributed by atoms with Crippen LogP contribution in [-0.4, -0.2) is 35.9 Å². The fourth-order valence-corrected chi connectivity index (χ4v) is 10.2. The summed E-state index contributed by atoms with van der Waals surface area (Å²) in [4.78, 5) is 0. The predicted octanol–water partition coefficient (Wildman–Crippen LogP) is 6.62. The van der Waals surface area contributed by atoms with Gasteiger partial charge in [-0.05, 0) is 17.5 Å². The average molecular weight is 517 g/mol. The third kappa shape index (κ3) is 5.70. The van der Waals surface area contributed by atoms with Gasteiger partial charge in [-0.3, -0.25) is 5.54 Å². The Hall–Kier alpha value is -2.22. The van der Waals surface area contributed by atoms with E-state index in [9.17, 15) is 21.6 Å². The molecule has 2 rings (SSSR count). The molecule has 0 aromatic heterocycles. The van der Waals surface area contributed by atoms with E-state index in [1.807, 2.05) is 0 Å². The maximum Gasteiger partial charge on any atom is 0.534 e. The van der Waals surface area contributed by atoms with E-state index < -0.39 is 29.4 Å². The molecule has 0 aliphatic rings. The summed E-state index contributed by atoms with van der Waals surface area (Å²) in [6.45, 7) is 12.7. The van der Waals surface area contributed by atoms with Crippen LogP contribution < -0.4 is 8.92 Å². The van der Waals surface area contributed by atoms with Crippen molar-refractivity contribution >= 4 is 29.0 Å². The Bertz CT molecular complexity index is 1160. The molecule has 0 radical (unpaired) electrons. The highest BCUT2D eigenvalue weighted by atomic mass is 32.2. The van der Waals surface area contributed by atoms with E-state index in [1.54, 1.807) is 24.3 Å². The lowest BCUT2D eigenvalue weighted by molar-refractivity contribution is -0.0499. The number of fused-ring (bicyclic) bond motifs is 1. The lowest BCUT2D eigenvalue weighted by atomic mass is 10.0. The van der Waals surface area contributed by atoms with E-state index in [1.165, 1.54) is 7.11 Å². The van der Waals surface area contributed by atoms with Crippen molar-refractivity contribution < 1.29 is 35.2 Å². The van der Waals surface area contributed by atoms with Crippen LogP contribution in [-0.2, 0) is 14.9 Å². The normalized spacial score (nSPS) is 12.9. The van der Waals surface area contributed by atoms with Crippen molar-refractivity contribution in [2.75, 3.05) is 13.9 Å². The molecule has 0 aliphatic carbocycles. The number of halogens is 3. The van der Waals surface area contributed by atoms with Crippen LogP contribution in [0.1, 0.15) is 47.1 Å². The van der Waals surface area contributed by atoms with Crippen LogP contribution in [0.5, 0.6) is 11.5 Å². The Morgan fingerprint density at radius 2 is 1.59 bits per heavy atom. The van der Waals surface area contributed by atoms with E-state index in [-0.39, 0.29) is 17.9 Å². The molecule has 0 aliphatic heterocycles. The van der Waals surface area contributed by atoms with Gasteiger partial charge >= 0.3 is 15.6 Å². The van der Waals surface area contributed by atoms with Crippen molar-refractivity contribution in [3.63, 3.8) is 0 Å². The first-order valence-electron chi connectivity index (χ1n) is 10.9.